The smallest absolute Gasteiger partial charge is 0.0302 e. The summed E-state index contributed by atoms with van der Waals surface area (Å²) in [5.74, 6) is 0. The number of thiophene rings is 1. The number of rotatable bonds is 3. The van der Waals surface area contributed by atoms with E-state index in [-0.39, 0.29) is 0 Å². The summed E-state index contributed by atoms with van der Waals surface area (Å²) in [6.45, 7) is 1.01. The summed E-state index contributed by atoms with van der Waals surface area (Å²) in [5.41, 5.74) is 3.04. The Morgan fingerprint density at radius 3 is 2.44 bits per heavy atom. The minimum absolute atomic E-state index is 0.625. The molecule has 0 amide bonds. The molecular weight excluding hydrogens is 214 g/mol. The van der Waals surface area contributed by atoms with E-state index in [2.05, 4.69) is 47.1 Å². The van der Waals surface area contributed by atoms with Crippen LogP contribution in [0.1, 0.15) is 16.0 Å². The summed E-state index contributed by atoms with van der Waals surface area (Å²) in [7, 11) is 0. The standard InChI is InChI=1S/C14H15NS/c1-2-5-12-9-13(8-11(12)4-1)15-10-14-6-3-7-16-14/h1-7,13,15H,8-10H2. The molecule has 0 radical (unpaired) electrons. The van der Waals surface area contributed by atoms with Crippen LogP contribution >= 0.6 is 11.3 Å². The predicted molar refractivity (Wildman–Crippen MR) is 68.8 cm³/mol. The van der Waals surface area contributed by atoms with Crippen LogP contribution in [0.2, 0.25) is 0 Å². The fourth-order valence-corrected chi connectivity index (χ4v) is 3.02. The lowest BCUT2D eigenvalue weighted by atomic mass is 10.1. The fraction of sp³-hybridized carbons (Fsp3) is 0.286. The Bertz CT molecular complexity index is 436. The number of benzene rings is 1. The van der Waals surface area contributed by atoms with Crippen LogP contribution in [0.15, 0.2) is 41.8 Å². The highest BCUT2D eigenvalue weighted by Crippen LogP contribution is 2.22. The van der Waals surface area contributed by atoms with Gasteiger partial charge in [-0.2, -0.15) is 0 Å². The molecule has 1 aromatic heterocycles. The van der Waals surface area contributed by atoms with E-state index in [0.29, 0.717) is 6.04 Å². The molecule has 0 spiro atoms. The van der Waals surface area contributed by atoms with Gasteiger partial charge in [-0.25, -0.2) is 0 Å². The highest BCUT2D eigenvalue weighted by molar-refractivity contribution is 7.09. The maximum absolute atomic E-state index is 3.64. The van der Waals surface area contributed by atoms with Gasteiger partial charge >= 0.3 is 0 Å². The topological polar surface area (TPSA) is 12.0 Å². The van der Waals surface area contributed by atoms with Crippen LogP contribution in [0.25, 0.3) is 0 Å². The van der Waals surface area contributed by atoms with E-state index >= 15 is 0 Å². The third kappa shape index (κ3) is 2.04. The van der Waals surface area contributed by atoms with Gasteiger partial charge in [0.15, 0.2) is 0 Å². The van der Waals surface area contributed by atoms with Gasteiger partial charge in [-0.05, 0) is 35.4 Å². The normalized spacial score (nSPS) is 15.2. The lowest BCUT2D eigenvalue weighted by Gasteiger charge is -2.10. The second-order valence-corrected chi connectivity index (χ2v) is 5.37. The van der Waals surface area contributed by atoms with Crippen LogP contribution in [0.5, 0.6) is 0 Å². The molecule has 1 heterocycles. The van der Waals surface area contributed by atoms with E-state index in [4.69, 9.17) is 0 Å². The Morgan fingerprint density at radius 2 is 1.81 bits per heavy atom. The molecule has 82 valence electrons. The van der Waals surface area contributed by atoms with Crippen molar-refractivity contribution in [1.29, 1.82) is 0 Å². The number of fused-ring (bicyclic) bond motifs is 1. The largest absolute Gasteiger partial charge is 0.308 e. The van der Waals surface area contributed by atoms with Gasteiger partial charge in [0, 0.05) is 17.5 Å². The second-order valence-electron chi connectivity index (χ2n) is 4.33. The zero-order chi connectivity index (χ0) is 10.8. The first-order valence-electron chi connectivity index (χ1n) is 5.74. The average molecular weight is 229 g/mol. The summed E-state index contributed by atoms with van der Waals surface area (Å²) in [6.07, 6.45) is 2.36. The highest BCUT2D eigenvalue weighted by Gasteiger charge is 2.19. The van der Waals surface area contributed by atoms with Crippen LogP contribution in [0.3, 0.4) is 0 Å². The summed E-state index contributed by atoms with van der Waals surface area (Å²) < 4.78 is 0. The molecule has 0 atom stereocenters. The summed E-state index contributed by atoms with van der Waals surface area (Å²) in [4.78, 5) is 1.43. The van der Waals surface area contributed by atoms with Gasteiger partial charge in [-0.1, -0.05) is 30.3 Å². The van der Waals surface area contributed by atoms with Crippen molar-refractivity contribution in [2.24, 2.45) is 0 Å². The molecule has 1 aromatic carbocycles. The van der Waals surface area contributed by atoms with Gasteiger partial charge in [0.25, 0.3) is 0 Å². The van der Waals surface area contributed by atoms with Crippen molar-refractivity contribution < 1.29 is 0 Å². The van der Waals surface area contributed by atoms with E-state index in [0.717, 1.165) is 6.54 Å². The van der Waals surface area contributed by atoms with Crippen LogP contribution in [0, 0.1) is 0 Å². The molecule has 2 aromatic rings. The minimum Gasteiger partial charge on any atom is -0.308 e. The van der Waals surface area contributed by atoms with Crippen molar-refractivity contribution in [2.45, 2.75) is 25.4 Å². The van der Waals surface area contributed by atoms with Crippen molar-refractivity contribution in [2.75, 3.05) is 0 Å². The number of hydrogen-bond acceptors (Lipinski definition) is 2. The van der Waals surface area contributed by atoms with Gasteiger partial charge < -0.3 is 5.32 Å². The molecule has 16 heavy (non-hydrogen) atoms. The quantitative estimate of drug-likeness (QED) is 0.853. The summed E-state index contributed by atoms with van der Waals surface area (Å²) in [6, 6.07) is 13.7. The first-order valence-corrected chi connectivity index (χ1v) is 6.62. The molecule has 0 fully saturated rings. The Labute approximate surface area is 100 Å². The second kappa shape index (κ2) is 4.40. The van der Waals surface area contributed by atoms with E-state index < -0.39 is 0 Å². The first kappa shape index (κ1) is 10.1. The third-order valence-electron chi connectivity index (χ3n) is 3.20. The number of nitrogens with one attached hydrogen (secondary N) is 1. The van der Waals surface area contributed by atoms with Crippen molar-refractivity contribution >= 4 is 11.3 Å². The molecule has 1 aliphatic rings. The molecule has 0 unspecified atom stereocenters. The molecule has 0 bridgehead atoms. The van der Waals surface area contributed by atoms with Gasteiger partial charge in [0.2, 0.25) is 0 Å². The lowest BCUT2D eigenvalue weighted by molar-refractivity contribution is 0.536. The van der Waals surface area contributed by atoms with Crippen molar-refractivity contribution in [3.8, 4) is 0 Å². The monoisotopic (exact) mass is 229 g/mol. The van der Waals surface area contributed by atoms with Gasteiger partial charge in [0.1, 0.15) is 0 Å². The minimum atomic E-state index is 0.625. The molecule has 2 heteroatoms. The maximum Gasteiger partial charge on any atom is 0.0302 e. The maximum atomic E-state index is 3.64. The molecule has 1 nitrogen and oxygen atoms in total. The van der Waals surface area contributed by atoms with Gasteiger partial charge in [0.05, 0.1) is 0 Å². The summed E-state index contributed by atoms with van der Waals surface area (Å²) >= 11 is 1.83. The Morgan fingerprint density at radius 1 is 1.06 bits per heavy atom. The molecule has 0 saturated carbocycles. The van der Waals surface area contributed by atoms with Crippen molar-refractivity contribution in [3.63, 3.8) is 0 Å². The van der Waals surface area contributed by atoms with Crippen LogP contribution in [0.4, 0.5) is 0 Å². The van der Waals surface area contributed by atoms with Gasteiger partial charge in [-0.3, -0.25) is 0 Å². The van der Waals surface area contributed by atoms with Gasteiger partial charge in [-0.15, -0.1) is 11.3 Å². The summed E-state index contributed by atoms with van der Waals surface area (Å²) in [5, 5.41) is 5.78. The fourth-order valence-electron chi connectivity index (χ4n) is 2.36. The third-order valence-corrected chi connectivity index (χ3v) is 4.07. The highest BCUT2D eigenvalue weighted by atomic mass is 32.1. The van der Waals surface area contributed by atoms with E-state index in [1.807, 2.05) is 11.3 Å². The molecule has 0 saturated heterocycles. The van der Waals surface area contributed by atoms with E-state index in [1.54, 1.807) is 0 Å². The first-order chi connectivity index (χ1) is 7.92. The predicted octanol–water partition coefficient (Wildman–Crippen LogP) is 3.01. The molecular formula is C14H15NS. The molecule has 1 aliphatic carbocycles. The van der Waals surface area contributed by atoms with Crippen LogP contribution in [-0.2, 0) is 19.4 Å². The van der Waals surface area contributed by atoms with Crippen LogP contribution < -0.4 is 5.32 Å². The Kier molecular flexibility index (Phi) is 2.77. The SMILES string of the molecule is c1csc(CNC2Cc3ccccc3C2)c1. The van der Waals surface area contributed by atoms with E-state index in [9.17, 15) is 0 Å². The van der Waals surface area contributed by atoms with Crippen LogP contribution in [-0.4, -0.2) is 6.04 Å². The zero-order valence-corrected chi connectivity index (χ0v) is 9.96. The molecule has 1 N–H and O–H groups in total. The lowest BCUT2D eigenvalue weighted by Crippen LogP contribution is -2.28. The molecule has 3 rings (SSSR count). The van der Waals surface area contributed by atoms with E-state index in [1.165, 1.54) is 28.8 Å². The average Bonchev–Trinajstić information content (AvgIpc) is 2.95. The number of hydrogen-bond donors (Lipinski definition) is 1. The zero-order valence-electron chi connectivity index (χ0n) is 9.15. The van der Waals surface area contributed by atoms with Crippen molar-refractivity contribution in [1.82, 2.24) is 5.32 Å². The Hall–Kier alpha value is -1.12. The molecule has 0 aliphatic heterocycles. The Balaban J connectivity index is 1.60. The van der Waals surface area contributed by atoms with Crippen molar-refractivity contribution in [3.05, 3.63) is 57.8 Å².